The Morgan fingerprint density at radius 3 is 2.65 bits per heavy atom. The second kappa shape index (κ2) is 6.85. The first-order chi connectivity index (χ1) is 8.11. The molecule has 1 rings (SSSR count). The maximum absolute atomic E-state index is 12.6. The summed E-state index contributed by atoms with van der Waals surface area (Å²) < 4.78 is 12.6. The second-order valence-electron chi connectivity index (χ2n) is 3.87. The molecule has 0 aliphatic carbocycles. The lowest BCUT2D eigenvalue weighted by molar-refractivity contribution is 0.245. The summed E-state index contributed by atoms with van der Waals surface area (Å²) >= 11 is 0. The normalized spacial score (nSPS) is 11.9. The van der Waals surface area contributed by atoms with Crippen molar-refractivity contribution in [3.63, 3.8) is 0 Å². The Hall–Kier alpha value is -1.62. The molecule has 2 amide bonds. The highest BCUT2D eigenvalue weighted by molar-refractivity contribution is 5.89. The van der Waals surface area contributed by atoms with Crippen molar-refractivity contribution in [3.8, 4) is 0 Å². The first kappa shape index (κ1) is 13.4. The van der Waals surface area contributed by atoms with E-state index in [2.05, 4.69) is 10.6 Å². The Kier molecular flexibility index (Phi) is 5.42. The minimum Gasteiger partial charge on any atom is -0.396 e. The lowest BCUT2D eigenvalue weighted by Gasteiger charge is -2.13. The van der Waals surface area contributed by atoms with E-state index in [9.17, 15) is 9.18 Å². The van der Waals surface area contributed by atoms with Gasteiger partial charge in [-0.25, -0.2) is 9.18 Å². The molecule has 1 atom stereocenters. The zero-order valence-corrected chi connectivity index (χ0v) is 9.74. The van der Waals surface area contributed by atoms with Crippen LogP contribution in [0, 0.1) is 5.82 Å². The van der Waals surface area contributed by atoms with E-state index in [1.165, 1.54) is 24.3 Å². The topological polar surface area (TPSA) is 61.4 Å². The van der Waals surface area contributed by atoms with Crippen molar-refractivity contribution in [2.24, 2.45) is 0 Å². The van der Waals surface area contributed by atoms with Crippen molar-refractivity contribution in [1.29, 1.82) is 0 Å². The third kappa shape index (κ3) is 5.31. The molecule has 0 aliphatic heterocycles. The van der Waals surface area contributed by atoms with E-state index in [0.29, 0.717) is 18.5 Å². The highest BCUT2D eigenvalue weighted by Crippen LogP contribution is 2.08. The Morgan fingerprint density at radius 2 is 2.06 bits per heavy atom. The van der Waals surface area contributed by atoms with Crippen LogP contribution in [0.1, 0.15) is 19.8 Å². The van der Waals surface area contributed by atoms with Gasteiger partial charge in [-0.15, -0.1) is 0 Å². The largest absolute Gasteiger partial charge is 0.396 e. The van der Waals surface area contributed by atoms with Crippen LogP contribution in [0.2, 0.25) is 0 Å². The van der Waals surface area contributed by atoms with Gasteiger partial charge in [-0.1, -0.05) is 0 Å². The molecule has 1 aromatic rings. The zero-order chi connectivity index (χ0) is 12.7. The smallest absolute Gasteiger partial charge is 0.319 e. The Morgan fingerprint density at radius 1 is 1.41 bits per heavy atom. The van der Waals surface area contributed by atoms with Crippen molar-refractivity contribution in [3.05, 3.63) is 30.1 Å². The molecule has 0 radical (unpaired) electrons. The predicted octanol–water partition coefficient (Wildman–Crippen LogP) is 2.11. The Bertz CT molecular complexity index is 354. The maximum Gasteiger partial charge on any atom is 0.319 e. The molecule has 0 heterocycles. The summed E-state index contributed by atoms with van der Waals surface area (Å²) in [5.74, 6) is -0.340. The molecule has 1 unspecified atom stereocenters. The van der Waals surface area contributed by atoms with Crippen LogP contribution < -0.4 is 10.6 Å². The summed E-state index contributed by atoms with van der Waals surface area (Å²) in [6.45, 7) is 1.98. The fraction of sp³-hybridized carbons (Fsp3) is 0.417. The number of aliphatic hydroxyl groups excluding tert-OH is 1. The molecule has 0 bridgehead atoms. The van der Waals surface area contributed by atoms with Crippen LogP contribution in [0.25, 0.3) is 0 Å². The van der Waals surface area contributed by atoms with Crippen LogP contribution in [-0.4, -0.2) is 23.8 Å². The molecule has 0 saturated carbocycles. The molecule has 0 aliphatic rings. The molecule has 17 heavy (non-hydrogen) atoms. The standard InChI is InChI=1S/C12H17FN2O2/c1-9(3-2-8-16)14-12(17)15-11-6-4-10(13)5-7-11/h4-7,9,16H,2-3,8H2,1H3,(H2,14,15,17). The number of amides is 2. The number of carbonyl (C=O) groups is 1. The maximum atomic E-state index is 12.6. The second-order valence-corrected chi connectivity index (χ2v) is 3.87. The highest BCUT2D eigenvalue weighted by Gasteiger charge is 2.06. The van der Waals surface area contributed by atoms with Crippen molar-refractivity contribution in [2.75, 3.05) is 11.9 Å². The van der Waals surface area contributed by atoms with E-state index in [1.807, 2.05) is 6.92 Å². The van der Waals surface area contributed by atoms with Crippen LogP contribution >= 0.6 is 0 Å². The van der Waals surface area contributed by atoms with E-state index in [4.69, 9.17) is 5.11 Å². The number of aliphatic hydroxyl groups is 1. The number of hydrogen-bond donors (Lipinski definition) is 3. The van der Waals surface area contributed by atoms with Gasteiger partial charge in [0.15, 0.2) is 0 Å². The summed E-state index contributed by atoms with van der Waals surface area (Å²) in [5.41, 5.74) is 0.540. The van der Waals surface area contributed by atoms with Crippen molar-refractivity contribution in [2.45, 2.75) is 25.8 Å². The number of carbonyl (C=O) groups excluding carboxylic acids is 1. The summed E-state index contributed by atoms with van der Waals surface area (Å²) in [7, 11) is 0. The van der Waals surface area contributed by atoms with Crippen molar-refractivity contribution in [1.82, 2.24) is 5.32 Å². The van der Waals surface area contributed by atoms with Crippen LogP contribution in [-0.2, 0) is 0 Å². The summed E-state index contributed by atoms with van der Waals surface area (Å²) in [6.07, 6.45) is 1.37. The van der Waals surface area contributed by atoms with Gasteiger partial charge < -0.3 is 15.7 Å². The van der Waals surface area contributed by atoms with Crippen LogP contribution in [0.15, 0.2) is 24.3 Å². The third-order valence-corrected chi connectivity index (χ3v) is 2.27. The molecule has 0 spiro atoms. The third-order valence-electron chi connectivity index (χ3n) is 2.27. The summed E-state index contributed by atoms with van der Waals surface area (Å²) in [6, 6.07) is 5.21. The van der Waals surface area contributed by atoms with E-state index in [1.54, 1.807) is 0 Å². The van der Waals surface area contributed by atoms with Gasteiger partial charge >= 0.3 is 6.03 Å². The van der Waals surface area contributed by atoms with Gasteiger partial charge in [-0.05, 0) is 44.0 Å². The van der Waals surface area contributed by atoms with E-state index in [0.717, 1.165) is 0 Å². The molecule has 0 aromatic heterocycles. The number of urea groups is 1. The SMILES string of the molecule is CC(CCCO)NC(=O)Nc1ccc(F)cc1. The minimum absolute atomic E-state index is 0.0115. The zero-order valence-electron chi connectivity index (χ0n) is 9.74. The van der Waals surface area contributed by atoms with Crippen LogP contribution in [0.5, 0.6) is 0 Å². The molecule has 1 aromatic carbocycles. The van der Waals surface area contributed by atoms with Gasteiger partial charge in [0, 0.05) is 18.3 Å². The van der Waals surface area contributed by atoms with Gasteiger partial charge in [-0.3, -0.25) is 0 Å². The molecule has 94 valence electrons. The number of hydrogen-bond acceptors (Lipinski definition) is 2. The fourth-order valence-electron chi connectivity index (χ4n) is 1.39. The van der Waals surface area contributed by atoms with Crippen molar-refractivity contribution >= 4 is 11.7 Å². The van der Waals surface area contributed by atoms with Gasteiger partial charge in [0.1, 0.15) is 5.82 Å². The van der Waals surface area contributed by atoms with Crippen LogP contribution in [0.4, 0.5) is 14.9 Å². The molecule has 0 saturated heterocycles. The average Bonchev–Trinajstić information content (AvgIpc) is 2.29. The molecule has 3 N–H and O–H groups in total. The molecule has 5 heteroatoms. The minimum atomic E-state index is -0.340. The first-order valence-electron chi connectivity index (χ1n) is 5.55. The average molecular weight is 240 g/mol. The highest BCUT2D eigenvalue weighted by atomic mass is 19.1. The fourth-order valence-corrected chi connectivity index (χ4v) is 1.39. The van der Waals surface area contributed by atoms with Gasteiger partial charge in [-0.2, -0.15) is 0 Å². The monoisotopic (exact) mass is 240 g/mol. The van der Waals surface area contributed by atoms with Gasteiger partial charge in [0.05, 0.1) is 0 Å². The van der Waals surface area contributed by atoms with E-state index < -0.39 is 0 Å². The van der Waals surface area contributed by atoms with Gasteiger partial charge in [0.25, 0.3) is 0 Å². The number of benzene rings is 1. The first-order valence-corrected chi connectivity index (χ1v) is 5.55. The molecule has 4 nitrogen and oxygen atoms in total. The van der Waals surface area contributed by atoms with Crippen molar-refractivity contribution < 1.29 is 14.3 Å². The van der Waals surface area contributed by atoms with E-state index in [-0.39, 0.29) is 24.5 Å². The number of rotatable bonds is 5. The lowest BCUT2D eigenvalue weighted by atomic mass is 10.2. The molecular formula is C12H17FN2O2. The van der Waals surface area contributed by atoms with Gasteiger partial charge in [0.2, 0.25) is 0 Å². The quantitative estimate of drug-likeness (QED) is 0.738. The predicted molar refractivity (Wildman–Crippen MR) is 64.3 cm³/mol. The molecular weight excluding hydrogens is 223 g/mol. The molecule has 0 fully saturated rings. The number of halogens is 1. The number of nitrogens with one attached hydrogen (secondary N) is 2. The summed E-state index contributed by atoms with van der Waals surface area (Å²) in [4.78, 5) is 11.5. The number of anilines is 1. The summed E-state index contributed by atoms with van der Waals surface area (Å²) in [5, 5.41) is 14.0. The lowest BCUT2D eigenvalue weighted by Crippen LogP contribution is -2.36. The Balaban J connectivity index is 2.36. The Labute approximate surface area is 99.8 Å². The van der Waals surface area contributed by atoms with E-state index >= 15 is 0 Å². The van der Waals surface area contributed by atoms with Crippen LogP contribution in [0.3, 0.4) is 0 Å².